The molecule has 0 aliphatic heterocycles. The highest BCUT2D eigenvalue weighted by Gasteiger charge is 2.17. The van der Waals surface area contributed by atoms with Gasteiger partial charge < -0.3 is 19.5 Å². The Hall–Kier alpha value is -5.17. The van der Waals surface area contributed by atoms with Gasteiger partial charge in [-0.2, -0.15) is 5.26 Å². The molecule has 10 heteroatoms. The number of carbonyl (C=O) groups excluding carboxylic acids is 2. The number of hydrogen-bond donors (Lipinski definition) is 1. The zero-order valence-electron chi connectivity index (χ0n) is 18.7. The minimum atomic E-state index is -0.752. The van der Waals surface area contributed by atoms with E-state index in [2.05, 4.69) is 5.32 Å². The molecule has 1 amide bonds. The molecule has 0 saturated carbocycles. The van der Waals surface area contributed by atoms with Gasteiger partial charge in [-0.1, -0.05) is 24.3 Å². The van der Waals surface area contributed by atoms with Gasteiger partial charge in [0.05, 0.1) is 36.5 Å². The summed E-state index contributed by atoms with van der Waals surface area (Å²) in [5.41, 5.74) is 0.495. The fourth-order valence-corrected chi connectivity index (χ4v) is 2.99. The molecule has 0 atom stereocenters. The summed E-state index contributed by atoms with van der Waals surface area (Å²) in [6, 6.07) is 18.5. The van der Waals surface area contributed by atoms with Crippen molar-refractivity contribution in [3.63, 3.8) is 0 Å². The predicted octanol–water partition coefficient (Wildman–Crippen LogP) is 4.38. The lowest BCUT2D eigenvalue weighted by atomic mass is 10.1. The van der Waals surface area contributed by atoms with Crippen molar-refractivity contribution in [3.8, 4) is 23.3 Å². The van der Waals surface area contributed by atoms with E-state index in [9.17, 15) is 25.0 Å². The Balaban J connectivity index is 1.82. The van der Waals surface area contributed by atoms with Crippen molar-refractivity contribution in [1.82, 2.24) is 0 Å². The number of non-ortho nitro benzene ring substituents is 1. The Morgan fingerprint density at radius 3 is 2.31 bits per heavy atom. The van der Waals surface area contributed by atoms with Crippen LogP contribution in [-0.2, 0) is 4.79 Å². The number of nitro benzene ring substituents is 1. The highest BCUT2D eigenvalue weighted by atomic mass is 16.6. The molecule has 1 N–H and O–H groups in total. The van der Waals surface area contributed by atoms with E-state index in [-0.39, 0.29) is 34.2 Å². The number of methoxy groups -OCH3 is 2. The molecular weight excluding hydrogens is 454 g/mol. The number of nitriles is 1. The van der Waals surface area contributed by atoms with Crippen molar-refractivity contribution >= 4 is 29.3 Å². The number of benzene rings is 3. The van der Waals surface area contributed by atoms with Crippen LogP contribution in [0.1, 0.15) is 15.9 Å². The second kappa shape index (κ2) is 11.1. The monoisotopic (exact) mass is 473 g/mol. The van der Waals surface area contributed by atoms with Crippen molar-refractivity contribution in [1.29, 1.82) is 5.26 Å². The maximum absolute atomic E-state index is 12.7. The third-order valence-corrected chi connectivity index (χ3v) is 4.72. The number of ether oxygens (including phenoxy) is 3. The van der Waals surface area contributed by atoms with E-state index >= 15 is 0 Å². The second-order valence-electron chi connectivity index (χ2n) is 6.93. The second-order valence-corrected chi connectivity index (χ2v) is 6.93. The zero-order chi connectivity index (χ0) is 25.4. The van der Waals surface area contributed by atoms with E-state index in [0.29, 0.717) is 11.1 Å². The Labute approximate surface area is 200 Å². The summed E-state index contributed by atoms with van der Waals surface area (Å²) >= 11 is 0. The van der Waals surface area contributed by atoms with Crippen LogP contribution in [0, 0.1) is 21.4 Å². The van der Waals surface area contributed by atoms with Crippen LogP contribution in [0.4, 0.5) is 11.4 Å². The van der Waals surface area contributed by atoms with Gasteiger partial charge in [0.2, 0.25) is 0 Å². The van der Waals surface area contributed by atoms with Crippen LogP contribution in [0.15, 0.2) is 72.3 Å². The summed E-state index contributed by atoms with van der Waals surface area (Å²) in [6.45, 7) is 0. The topological polar surface area (TPSA) is 141 Å². The lowest BCUT2D eigenvalue weighted by Crippen LogP contribution is -2.14. The van der Waals surface area contributed by atoms with Crippen LogP contribution in [-0.4, -0.2) is 31.0 Å². The molecule has 3 aromatic rings. The van der Waals surface area contributed by atoms with Gasteiger partial charge in [0.15, 0.2) is 11.5 Å². The molecular formula is C25H19N3O7. The van der Waals surface area contributed by atoms with E-state index in [4.69, 9.17) is 14.2 Å². The van der Waals surface area contributed by atoms with Crippen LogP contribution in [0.3, 0.4) is 0 Å². The molecule has 0 spiro atoms. The molecule has 35 heavy (non-hydrogen) atoms. The number of nitrogens with one attached hydrogen (secondary N) is 1. The molecule has 176 valence electrons. The van der Waals surface area contributed by atoms with Gasteiger partial charge >= 0.3 is 5.97 Å². The smallest absolute Gasteiger partial charge is 0.343 e. The summed E-state index contributed by atoms with van der Waals surface area (Å²) in [7, 11) is 2.69. The number of esters is 1. The summed E-state index contributed by atoms with van der Waals surface area (Å²) < 4.78 is 15.8. The predicted molar refractivity (Wildman–Crippen MR) is 126 cm³/mol. The van der Waals surface area contributed by atoms with Crippen molar-refractivity contribution in [2.24, 2.45) is 0 Å². The first-order valence-electron chi connectivity index (χ1n) is 10.1. The van der Waals surface area contributed by atoms with Gasteiger partial charge in [-0.15, -0.1) is 0 Å². The van der Waals surface area contributed by atoms with Crippen LogP contribution in [0.25, 0.3) is 6.08 Å². The average Bonchev–Trinajstić information content (AvgIpc) is 2.88. The molecule has 3 aromatic carbocycles. The summed E-state index contributed by atoms with van der Waals surface area (Å²) in [5.74, 6) is -0.870. The van der Waals surface area contributed by atoms with E-state index in [0.717, 1.165) is 6.07 Å². The first-order chi connectivity index (χ1) is 16.9. The number of amides is 1. The molecule has 0 fully saturated rings. The third-order valence-electron chi connectivity index (χ3n) is 4.72. The molecule has 3 rings (SSSR count). The molecule has 10 nitrogen and oxygen atoms in total. The molecule has 0 radical (unpaired) electrons. The molecule has 0 heterocycles. The summed E-state index contributed by atoms with van der Waals surface area (Å²) in [4.78, 5) is 35.3. The fraction of sp³-hybridized carbons (Fsp3) is 0.0800. The lowest BCUT2D eigenvalue weighted by molar-refractivity contribution is -0.384. The number of nitrogens with zero attached hydrogens (tertiary/aromatic N) is 2. The number of nitro groups is 1. The molecule has 0 bridgehead atoms. The quantitative estimate of drug-likeness (QED) is 0.127. The Morgan fingerprint density at radius 2 is 1.69 bits per heavy atom. The van der Waals surface area contributed by atoms with Gasteiger partial charge in [-0.25, -0.2) is 4.79 Å². The molecule has 0 aliphatic rings. The highest BCUT2D eigenvalue weighted by molar-refractivity contribution is 6.10. The van der Waals surface area contributed by atoms with Crippen LogP contribution < -0.4 is 19.5 Å². The van der Waals surface area contributed by atoms with Crippen molar-refractivity contribution in [2.75, 3.05) is 19.5 Å². The van der Waals surface area contributed by atoms with Crippen LogP contribution in [0.5, 0.6) is 17.2 Å². The van der Waals surface area contributed by atoms with Gasteiger partial charge in [0.1, 0.15) is 17.4 Å². The maximum Gasteiger partial charge on any atom is 0.343 e. The SMILES string of the molecule is COc1cc([N+](=O)[O-])ccc1NC(=O)/C(C#N)=C\c1ccc(OC(=O)c2ccccc2)c(OC)c1. The Bertz CT molecular complexity index is 1340. The number of rotatable bonds is 8. The normalized spacial score (nSPS) is 10.6. The van der Waals surface area contributed by atoms with Crippen LogP contribution in [0.2, 0.25) is 0 Å². The molecule has 0 unspecified atom stereocenters. The highest BCUT2D eigenvalue weighted by Crippen LogP contribution is 2.31. The Morgan fingerprint density at radius 1 is 0.971 bits per heavy atom. The van der Waals surface area contributed by atoms with Crippen molar-refractivity contribution in [2.45, 2.75) is 0 Å². The average molecular weight is 473 g/mol. The maximum atomic E-state index is 12.7. The number of carbonyl (C=O) groups is 2. The van der Waals surface area contributed by atoms with E-state index in [1.54, 1.807) is 36.4 Å². The van der Waals surface area contributed by atoms with Gasteiger partial charge in [0.25, 0.3) is 11.6 Å². The first-order valence-corrected chi connectivity index (χ1v) is 10.1. The minimum absolute atomic E-state index is 0.0658. The van der Waals surface area contributed by atoms with Gasteiger partial charge in [-0.3, -0.25) is 14.9 Å². The van der Waals surface area contributed by atoms with E-state index in [1.807, 2.05) is 6.07 Å². The van der Waals surface area contributed by atoms with Gasteiger partial charge in [0, 0.05) is 6.07 Å². The third kappa shape index (κ3) is 6.00. The van der Waals surface area contributed by atoms with E-state index < -0.39 is 16.8 Å². The number of hydrogen-bond acceptors (Lipinski definition) is 8. The summed E-state index contributed by atoms with van der Waals surface area (Å²) in [5, 5.41) is 23.0. The van der Waals surface area contributed by atoms with E-state index in [1.165, 1.54) is 44.6 Å². The van der Waals surface area contributed by atoms with Gasteiger partial charge in [-0.05, 0) is 42.0 Å². The van der Waals surface area contributed by atoms with Crippen molar-refractivity contribution in [3.05, 3.63) is 93.5 Å². The molecule has 0 aromatic heterocycles. The minimum Gasteiger partial charge on any atom is -0.494 e. The standard InChI is InChI=1S/C25H19N3O7/c1-33-22-14-19(28(31)32)9-10-20(22)27-24(29)18(15-26)12-16-8-11-21(23(13-16)34-2)35-25(30)17-6-4-3-5-7-17/h3-14H,1-2H3,(H,27,29)/b18-12-. The number of anilines is 1. The largest absolute Gasteiger partial charge is 0.494 e. The zero-order valence-corrected chi connectivity index (χ0v) is 18.7. The molecule has 0 saturated heterocycles. The first kappa shape index (κ1) is 24.5. The van der Waals surface area contributed by atoms with Crippen LogP contribution >= 0.6 is 0 Å². The lowest BCUT2D eigenvalue weighted by Gasteiger charge is -2.11. The summed E-state index contributed by atoms with van der Waals surface area (Å²) in [6.07, 6.45) is 1.32. The molecule has 0 aliphatic carbocycles. The Kier molecular flexibility index (Phi) is 7.77. The fourth-order valence-electron chi connectivity index (χ4n) is 2.99. The van der Waals surface area contributed by atoms with Crippen molar-refractivity contribution < 1.29 is 28.7 Å².